The second-order valence-corrected chi connectivity index (χ2v) is 4.85. The normalized spacial score (nSPS) is 18.2. The Morgan fingerprint density at radius 3 is 2.65 bits per heavy atom. The molecule has 17 heavy (non-hydrogen) atoms. The molecule has 1 heterocycles. The number of rotatable bonds is 2. The van der Waals surface area contributed by atoms with Crippen molar-refractivity contribution < 1.29 is 9.59 Å². The van der Waals surface area contributed by atoms with Crippen molar-refractivity contribution in [2.24, 2.45) is 0 Å². The predicted molar refractivity (Wildman–Crippen MR) is 69.8 cm³/mol. The molecule has 0 atom stereocenters. The van der Waals surface area contributed by atoms with Gasteiger partial charge in [0.15, 0.2) is 0 Å². The standard InChI is InChI=1S/C12H10ClNO2S/c1-2-14-11(15)10(17-12(14)16)7-8-5-3-4-6-9(8)13/h3-7H,2H2,1H3/b10-7-. The van der Waals surface area contributed by atoms with Crippen molar-refractivity contribution in [1.29, 1.82) is 0 Å². The summed E-state index contributed by atoms with van der Waals surface area (Å²) in [6, 6.07) is 7.21. The maximum Gasteiger partial charge on any atom is 0.293 e. The average molecular weight is 268 g/mol. The van der Waals surface area contributed by atoms with Crippen LogP contribution in [0.4, 0.5) is 4.79 Å². The number of carbonyl (C=O) groups is 2. The van der Waals surface area contributed by atoms with E-state index in [1.54, 1.807) is 19.1 Å². The summed E-state index contributed by atoms with van der Waals surface area (Å²) in [4.78, 5) is 25.0. The number of halogens is 1. The Labute approximate surface area is 108 Å². The SMILES string of the molecule is CCN1C(=O)S/C(=C\c2ccccc2Cl)C1=O. The summed E-state index contributed by atoms with van der Waals surface area (Å²) in [5.74, 6) is -0.248. The molecule has 0 radical (unpaired) electrons. The number of thioether (sulfide) groups is 1. The van der Waals surface area contributed by atoms with Crippen LogP contribution in [0.1, 0.15) is 12.5 Å². The summed E-state index contributed by atoms with van der Waals surface area (Å²) in [7, 11) is 0. The minimum absolute atomic E-state index is 0.226. The zero-order valence-corrected chi connectivity index (χ0v) is 10.7. The van der Waals surface area contributed by atoms with Crippen molar-refractivity contribution in [3.8, 4) is 0 Å². The third-order valence-corrected chi connectivity index (χ3v) is 3.63. The van der Waals surface area contributed by atoms with Gasteiger partial charge < -0.3 is 0 Å². The molecule has 1 aromatic carbocycles. The van der Waals surface area contributed by atoms with Gasteiger partial charge in [-0.05, 0) is 36.4 Å². The number of amides is 2. The van der Waals surface area contributed by atoms with E-state index in [1.165, 1.54) is 4.90 Å². The number of nitrogens with zero attached hydrogens (tertiary/aromatic N) is 1. The molecular weight excluding hydrogens is 258 g/mol. The molecular formula is C12H10ClNO2S. The molecule has 0 unspecified atom stereocenters. The molecule has 5 heteroatoms. The second-order valence-electron chi connectivity index (χ2n) is 3.45. The lowest BCUT2D eigenvalue weighted by Gasteiger charge is -2.07. The number of imide groups is 1. The van der Waals surface area contributed by atoms with Gasteiger partial charge in [-0.1, -0.05) is 29.8 Å². The van der Waals surface area contributed by atoms with E-state index < -0.39 is 0 Å². The summed E-state index contributed by atoms with van der Waals surface area (Å²) in [6.07, 6.45) is 1.66. The lowest BCUT2D eigenvalue weighted by Crippen LogP contribution is -2.27. The molecule has 0 bridgehead atoms. The van der Waals surface area contributed by atoms with Crippen LogP contribution in [0.2, 0.25) is 5.02 Å². The molecule has 1 aliphatic heterocycles. The van der Waals surface area contributed by atoms with E-state index in [0.29, 0.717) is 16.5 Å². The van der Waals surface area contributed by atoms with Gasteiger partial charge in [0.2, 0.25) is 0 Å². The summed E-state index contributed by atoms with van der Waals surface area (Å²) in [6.45, 7) is 2.17. The maximum atomic E-state index is 11.8. The smallest absolute Gasteiger partial charge is 0.269 e. The molecule has 2 amide bonds. The Kier molecular flexibility index (Phi) is 3.54. The van der Waals surface area contributed by atoms with Crippen molar-refractivity contribution in [2.75, 3.05) is 6.54 Å². The van der Waals surface area contributed by atoms with Gasteiger partial charge in [0.05, 0.1) is 4.91 Å². The van der Waals surface area contributed by atoms with Crippen LogP contribution in [-0.4, -0.2) is 22.6 Å². The van der Waals surface area contributed by atoms with Crippen LogP contribution in [0.5, 0.6) is 0 Å². The highest BCUT2D eigenvalue weighted by atomic mass is 35.5. The first kappa shape index (κ1) is 12.2. The second kappa shape index (κ2) is 4.94. The fourth-order valence-corrected chi connectivity index (χ4v) is 2.59. The minimum atomic E-state index is -0.248. The molecule has 0 N–H and O–H groups in total. The van der Waals surface area contributed by atoms with Crippen molar-refractivity contribution in [1.82, 2.24) is 4.90 Å². The van der Waals surface area contributed by atoms with E-state index in [4.69, 9.17) is 11.6 Å². The van der Waals surface area contributed by atoms with Gasteiger partial charge >= 0.3 is 0 Å². The molecule has 0 spiro atoms. The first-order valence-electron chi connectivity index (χ1n) is 5.13. The third kappa shape index (κ3) is 2.37. The summed E-state index contributed by atoms with van der Waals surface area (Å²) in [5, 5.41) is 0.339. The van der Waals surface area contributed by atoms with E-state index in [0.717, 1.165) is 17.3 Å². The van der Waals surface area contributed by atoms with Gasteiger partial charge in [-0.3, -0.25) is 14.5 Å². The van der Waals surface area contributed by atoms with Gasteiger partial charge in [-0.2, -0.15) is 0 Å². The van der Waals surface area contributed by atoms with E-state index in [-0.39, 0.29) is 11.1 Å². The molecule has 2 rings (SSSR count). The first-order chi connectivity index (χ1) is 8.13. The summed E-state index contributed by atoms with van der Waals surface area (Å²) < 4.78 is 0. The van der Waals surface area contributed by atoms with Crippen LogP contribution in [0.25, 0.3) is 6.08 Å². The largest absolute Gasteiger partial charge is 0.293 e. The van der Waals surface area contributed by atoms with Crippen LogP contribution >= 0.6 is 23.4 Å². The van der Waals surface area contributed by atoms with Gasteiger partial charge in [0, 0.05) is 11.6 Å². The van der Waals surface area contributed by atoms with Gasteiger partial charge in [-0.25, -0.2) is 0 Å². The van der Waals surface area contributed by atoms with E-state index >= 15 is 0 Å². The van der Waals surface area contributed by atoms with Crippen molar-refractivity contribution in [3.63, 3.8) is 0 Å². The minimum Gasteiger partial charge on any atom is -0.269 e. The zero-order chi connectivity index (χ0) is 12.4. The quantitative estimate of drug-likeness (QED) is 0.771. The van der Waals surface area contributed by atoms with E-state index in [9.17, 15) is 9.59 Å². The highest BCUT2D eigenvalue weighted by molar-refractivity contribution is 8.18. The number of carbonyl (C=O) groups excluding carboxylic acids is 2. The fourth-order valence-electron chi connectivity index (χ4n) is 1.51. The van der Waals surface area contributed by atoms with Crippen LogP contribution in [0.3, 0.4) is 0 Å². The predicted octanol–water partition coefficient (Wildman–Crippen LogP) is 3.40. The van der Waals surface area contributed by atoms with Gasteiger partial charge in [-0.15, -0.1) is 0 Å². The Balaban J connectivity index is 2.34. The molecule has 1 aromatic rings. The molecule has 1 aliphatic rings. The van der Waals surface area contributed by atoms with Crippen molar-refractivity contribution >= 4 is 40.6 Å². The number of hydrogen-bond acceptors (Lipinski definition) is 3. The number of hydrogen-bond donors (Lipinski definition) is 0. The topological polar surface area (TPSA) is 37.4 Å². The van der Waals surface area contributed by atoms with Crippen LogP contribution in [0.15, 0.2) is 29.2 Å². The molecule has 1 saturated heterocycles. The van der Waals surface area contributed by atoms with Crippen LogP contribution in [-0.2, 0) is 4.79 Å². The van der Waals surface area contributed by atoms with E-state index in [1.807, 2.05) is 18.2 Å². The summed E-state index contributed by atoms with van der Waals surface area (Å²) >= 11 is 6.94. The van der Waals surface area contributed by atoms with Gasteiger partial charge in [0.1, 0.15) is 0 Å². The highest BCUT2D eigenvalue weighted by Crippen LogP contribution is 2.32. The Morgan fingerprint density at radius 1 is 1.35 bits per heavy atom. The van der Waals surface area contributed by atoms with E-state index in [2.05, 4.69) is 0 Å². The molecule has 0 aliphatic carbocycles. The summed E-state index contributed by atoms with van der Waals surface area (Å²) in [5.41, 5.74) is 0.746. The van der Waals surface area contributed by atoms with Crippen LogP contribution < -0.4 is 0 Å². The van der Waals surface area contributed by atoms with Gasteiger partial charge in [0.25, 0.3) is 11.1 Å². The number of benzene rings is 1. The number of likely N-dealkylation sites (N-methyl/N-ethyl adjacent to an activating group) is 1. The Morgan fingerprint density at radius 2 is 2.06 bits per heavy atom. The van der Waals surface area contributed by atoms with Crippen LogP contribution in [0, 0.1) is 0 Å². The lowest BCUT2D eigenvalue weighted by molar-refractivity contribution is -0.122. The average Bonchev–Trinajstić information content (AvgIpc) is 2.57. The fraction of sp³-hybridized carbons (Fsp3) is 0.167. The zero-order valence-electron chi connectivity index (χ0n) is 9.14. The van der Waals surface area contributed by atoms with Crippen molar-refractivity contribution in [2.45, 2.75) is 6.92 Å². The Hall–Kier alpha value is -1.26. The molecule has 0 saturated carbocycles. The maximum absolute atomic E-state index is 11.8. The molecule has 88 valence electrons. The highest BCUT2D eigenvalue weighted by Gasteiger charge is 2.33. The Bertz CT molecular complexity index is 513. The molecule has 3 nitrogen and oxygen atoms in total. The first-order valence-corrected chi connectivity index (χ1v) is 6.33. The molecule has 0 aromatic heterocycles. The van der Waals surface area contributed by atoms with Crippen molar-refractivity contribution in [3.05, 3.63) is 39.8 Å². The lowest BCUT2D eigenvalue weighted by atomic mass is 10.2. The third-order valence-electron chi connectivity index (χ3n) is 2.38. The molecule has 1 fully saturated rings. The monoisotopic (exact) mass is 267 g/mol.